The molecule has 0 bridgehead atoms. The summed E-state index contributed by atoms with van der Waals surface area (Å²) in [4.78, 5) is 0. The maximum atomic E-state index is 12.3. The molecule has 0 aliphatic heterocycles. The lowest BCUT2D eigenvalue weighted by Gasteiger charge is -2.15. The van der Waals surface area contributed by atoms with Crippen LogP contribution in [-0.4, -0.2) is 15.5 Å². The van der Waals surface area contributed by atoms with E-state index < -0.39 is 10.0 Å². The molecule has 2 aromatic carbocycles. The normalized spacial score (nSPS) is 12.9. The van der Waals surface area contributed by atoms with Gasteiger partial charge in [-0.1, -0.05) is 42.0 Å². The third kappa shape index (κ3) is 4.58. The molecule has 1 N–H and O–H groups in total. The number of ether oxygens (including phenoxy) is 1. The van der Waals surface area contributed by atoms with Crippen LogP contribution in [0.5, 0.6) is 5.75 Å². The summed E-state index contributed by atoms with van der Waals surface area (Å²) in [5.41, 5.74) is 2.74. The van der Waals surface area contributed by atoms with Gasteiger partial charge in [0.2, 0.25) is 10.0 Å². The number of methoxy groups -OCH3 is 1. The van der Waals surface area contributed by atoms with Gasteiger partial charge in [-0.15, -0.1) is 0 Å². The SMILES string of the molecule is COc1ccc([C@H](C)NS(=O)(=O)Cc2cccc(C)c2)cc1. The summed E-state index contributed by atoms with van der Waals surface area (Å²) in [6, 6.07) is 14.6. The van der Waals surface area contributed by atoms with Crippen LogP contribution in [0, 0.1) is 6.92 Å². The van der Waals surface area contributed by atoms with Crippen LogP contribution in [0.1, 0.15) is 29.7 Å². The molecule has 2 aromatic rings. The Bertz CT molecular complexity index is 724. The summed E-state index contributed by atoms with van der Waals surface area (Å²) >= 11 is 0. The summed E-state index contributed by atoms with van der Waals surface area (Å²) < 4.78 is 32.4. The average molecular weight is 319 g/mol. The topological polar surface area (TPSA) is 55.4 Å². The van der Waals surface area contributed by atoms with Crippen LogP contribution >= 0.6 is 0 Å². The Balaban J connectivity index is 2.07. The second-order valence-corrected chi connectivity index (χ2v) is 7.11. The third-order valence-corrected chi connectivity index (χ3v) is 4.84. The fourth-order valence-corrected chi connectivity index (χ4v) is 3.67. The standard InChI is InChI=1S/C17H21NO3S/c1-13-5-4-6-15(11-13)12-22(19,20)18-14(2)16-7-9-17(21-3)10-8-16/h4-11,14,18H,12H2,1-3H3/t14-/m0/s1. The fourth-order valence-electron chi connectivity index (χ4n) is 2.29. The predicted octanol–water partition coefficient (Wildman–Crippen LogP) is 3.18. The Morgan fingerprint density at radius 3 is 2.41 bits per heavy atom. The van der Waals surface area contributed by atoms with Gasteiger partial charge in [0, 0.05) is 6.04 Å². The first-order valence-electron chi connectivity index (χ1n) is 7.09. The summed E-state index contributed by atoms with van der Waals surface area (Å²) in [5.74, 6) is 0.730. The first-order chi connectivity index (χ1) is 10.4. The van der Waals surface area contributed by atoms with E-state index in [2.05, 4.69) is 4.72 Å². The van der Waals surface area contributed by atoms with Gasteiger partial charge >= 0.3 is 0 Å². The molecule has 0 aliphatic carbocycles. The molecule has 0 saturated carbocycles. The Hall–Kier alpha value is -1.85. The summed E-state index contributed by atoms with van der Waals surface area (Å²) in [7, 11) is -1.80. The van der Waals surface area contributed by atoms with Gasteiger partial charge in [0.1, 0.15) is 5.75 Å². The summed E-state index contributed by atoms with van der Waals surface area (Å²) in [6.45, 7) is 3.78. The minimum atomic E-state index is -3.40. The Morgan fingerprint density at radius 2 is 1.82 bits per heavy atom. The molecule has 2 rings (SSSR count). The van der Waals surface area contributed by atoms with Gasteiger partial charge in [-0.25, -0.2) is 13.1 Å². The highest BCUT2D eigenvalue weighted by atomic mass is 32.2. The highest BCUT2D eigenvalue weighted by Crippen LogP contribution is 2.19. The Morgan fingerprint density at radius 1 is 1.14 bits per heavy atom. The minimum absolute atomic E-state index is 0.0187. The molecule has 1 atom stereocenters. The monoisotopic (exact) mass is 319 g/mol. The predicted molar refractivity (Wildman–Crippen MR) is 88.3 cm³/mol. The smallest absolute Gasteiger partial charge is 0.216 e. The van der Waals surface area contributed by atoms with E-state index in [0.717, 1.165) is 22.4 Å². The number of rotatable bonds is 6. The lowest BCUT2D eigenvalue weighted by atomic mass is 10.1. The van der Waals surface area contributed by atoms with Crippen molar-refractivity contribution >= 4 is 10.0 Å². The number of sulfonamides is 1. The molecule has 0 amide bonds. The summed E-state index contributed by atoms with van der Waals surface area (Å²) in [5, 5.41) is 0. The molecule has 4 nitrogen and oxygen atoms in total. The van der Waals surface area contributed by atoms with E-state index in [1.165, 1.54) is 0 Å². The van der Waals surface area contributed by atoms with Crippen LogP contribution in [0.15, 0.2) is 48.5 Å². The quantitative estimate of drug-likeness (QED) is 0.889. The van der Waals surface area contributed by atoms with Crippen molar-refractivity contribution < 1.29 is 13.2 Å². The first kappa shape index (κ1) is 16.5. The largest absolute Gasteiger partial charge is 0.497 e. The van der Waals surface area contributed by atoms with Crippen molar-refractivity contribution in [3.63, 3.8) is 0 Å². The van der Waals surface area contributed by atoms with Crippen LogP contribution in [0.2, 0.25) is 0 Å². The maximum Gasteiger partial charge on any atom is 0.216 e. The number of benzene rings is 2. The van der Waals surface area contributed by atoms with E-state index in [9.17, 15) is 8.42 Å². The zero-order chi connectivity index (χ0) is 16.2. The molecule has 0 spiro atoms. The third-order valence-electron chi connectivity index (χ3n) is 3.41. The molecule has 0 aromatic heterocycles. The highest BCUT2D eigenvalue weighted by molar-refractivity contribution is 7.88. The zero-order valence-corrected chi connectivity index (χ0v) is 13.9. The van der Waals surface area contributed by atoms with Gasteiger partial charge in [0.15, 0.2) is 0 Å². The number of nitrogens with one attached hydrogen (secondary N) is 1. The van der Waals surface area contributed by atoms with Gasteiger partial charge in [0.25, 0.3) is 0 Å². The van der Waals surface area contributed by atoms with Crippen molar-refractivity contribution in [2.75, 3.05) is 7.11 Å². The second-order valence-electron chi connectivity index (χ2n) is 5.36. The van der Waals surface area contributed by atoms with Crippen LogP contribution < -0.4 is 9.46 Å². The Kier molecular flexibility index (Phi) is 5.21. The van der Waals surface area contributed by atoms with E-state index in [0.29, 0.717) is 0 Å². The van der Waals surface area contributed by atoms with Crippen LogP contribution in [0.3, 0.4) is 0 Å². The van der Waals surface area contributed by atoms with Gasteiger partial charge < -0.3 is 4.74 Å². The van der Waals surface area contributed by atoms with Gasteiger partial charge in [-0.2, -0.15) is 0 Å². The van der Waals surface area contributed by atoms with E-state index in [1.807, 2.05) is 62.4 Å². The van der Waals surface area contributed by atoms with Gasteiger partial charge in [0.05, 0.1) is 12.9 Å². The molecule has 5 heteroatoms. The van der Waals surface area contributed by atoms with Gasteiger partial charge in [-0.05, 0) is 37.1 Å². The van der Waals surface area contributed by atoms with E-state index in [1.54, 1.807) is 7.11 Å². The van der Waals surface area contributed by atoms with E-state index >= 15 is 0 Å². The maximum absolute atomic E-state index is 12.3. The molecule has 0 heterocycles. The van der Waals surface area contributed by atoms with Crippen LogP contribution in [-0.2, 0) is 15.8 Å². The van der Waals surface area contributed by atoms with E-state index in [-0.39, 0.29) is 11.8 Å². The average Bonchev–Trinajstić information content (AvgIpc) is 2.46. The zero-order valence-electron chi connectivity index (χ0n) is 13.0. The van der Waals surface area contributed by atoms with Crippen molar-refractivity contribution in [1.82, 2.24) is 4.72 Å². The van der Waals surface area contributed by atoms with Crippen molar-refractivity contribution in [3.05, 3.63) is 65.2 Å². The summed E-state index contributed by atoms with van der Waals surface area (Å²) in [6.07, 6.45) is 0. The van der Waals surface area contributed by atoms with Crippen molar-refractivity contribution in [1.29, 1.82) is 0 Å². The molecule has 0 aliphatic rings. The number of hydrogen-bond acceptors (Lipinski definition) is 3. The molecule has 0 fully saturated rings. The second kappa shape index (κ2) is 6.94. The molecular weight excluding hydrogens is 298 g/mol. The van der Waals surface area contributed by atoms with Gasteiger partial charge in [-0.3, -0.25) is 0 Å². The molecule has 0 radical (unpaired) electrons. The molecule has 0 unspecified atom stereocenters. The van der Waals surface area contributed by atoms with Crippen LogP contribution in [0.25, 0.3) is 0 Å². The highest BCUT2D eigenvalue weighted by Gasteiger charge is 2.16. The minimum Gasteiger partial charge on any atom is -0.497 e. The van der Waals surface area contributed by atoms with Crippen molar-refractivity contribution in [2.24, 2.45) is 0 Å². The van der Waals surface area contributed by atoms with Crippen molar-refractivity contribution in [3.8, 4) is 5.75 Å². The molecule has 118 valence electrons. The molecule has 22 heavy (non-hydrogen) atoms. The fraction of sp³-hybridized carbons (Fsp3) is 0.294. The lowest BCUT2D eigenvalue weighted by molar-refractivity contribution is 0.414. The Labute approximate surface area is 132 Å². The number of hydrogen-bond donors (Lipinski definition) is 1. The van der Waals surface area contributed by atoms with Crippen molar-refractivity contribution in [2.45, 2.75) is 25.6 Å². The van der Waals surface area contributed by atoms with Crippen LogP contribution in [0.4, 0.5) is 0 Å². The first-order valence-corrected chi connectivity index (χ1v) is 8.74. The number of aryl methyl sites for hydroxylation is 1. The lowest BCUT2D eigenvalue weighted by Crippen LogP contribution is -2.28. The molecule has 0 saturated heterocycles. The molecular formula is C17H21NO3S. The van der Waals surface area contributed by atoms with E-state index in [4.69, 9.17) is 4.74 Å².